The van der Waals surface area contributed by atoms with Crippen molar-refractivity contribution >= 4 is 34.8 Å². The van der Waals surface area contributed by atoms with Crippen molar-refractivity contribution in [3.05, 3.63) is 30.1 Å². The number of esters is 1. The Bertz CT molecular complexity index is 680. The maximum atomic E-state index is 12.8. The molecule has 1 atom stereocenters. The van der Waals surface area contributed by atoms with Gasteiger partial charge >= 0.3 is 5.97 Å². The number of thioether (sulfide) groups is 1. The first-order chi connectivity index (χ1) is 12.4. The van der Waals surface area contributed by atoms with Gasteiger partial charge in [0.15, 0.2) is 12.7 Å². The Labute approximate surface area is 153 Å². The van der Waals surface area contributed by atoms with Gasteiger partial charge in [-0.3, -0.25) is 19.3 Å². The van der Waals surface area contributed by atoms with Gasteiger partial charge < -0.3 is 14.8 Å². The van der Waals surface area contributed by atoms with Crippen molar-refractivity contribution in [2.45, 2.75) is 13.0 Å². The number of amides is 3. The molecule has 10 heteroatoms. The van der Waals surface area contributed by atoms with Crippen molar-refractivity contribution in [1.82, 2.24) is 10.2 Å². The molecule has 140 valence electrons. The third-order valence-corrected chi connectivity index (χ3v) is 4.18. The Morgan fingerprint density at radius 2 is 2.00 bits per heavy atom. The van der Waals surface area contributed by atoms with Gasteiger partial charge in [-0.15, -0.1) is 0 Å². The molecule has 1 fully saturated rings. The average molecular weight is 384 g/mol. The summed E-state index contributed by atoms with van der Waals surface area (Å²) in [6.45, 7) is 1.07. The lowest BCUT2D eigenvalue weighted by Crippen LogP contribution is -2.42. The molecule has 0 radical (unpaired) electrons. The molecule has 26 heavy (non-hydrogen) atoms. The van der Waals surface area contributed by atoms with Crippen LogP contribution in [-0.4, -0.2) is 59.5 Å². The van der Waals surface area contributed by atoms with Crippen molar-refractivity contribution < 1.29 is 33.0 Å². The van der Waals surface area contributed by atoms with E-state index in [0.717, 1.165) is 16.7 Å². The van der Waals surface area contributed by atoms with Crippen molar-refractivity contribution in [2.75, 3.05) is 25.4 Å². The maximum Gasteiger partial charge on any atom is 0.344 e. The quantitative estimate of drug-likeness (QED) is 0.666. The van der Waals surface area contributed by atoms with Crippen LogP contribution in [-0.2, 0) is 19.1 Å². The van der Waals surface area contributed by atoms with Crippen molar-refractivity contribution in [1.29, 1.82) is 0 Å². The zero-order chi connectivity index (χ0) is 19.1. The molecular formula is C16H17FN2O6S. The Morgan fingerprint density at radius 3 is 2.62 bits per heavy atom. The van der Waals surface area contributed by atoms with E-state index in [1.807, 2.05) is 0 Å². The molecule has 0 bridgehead atoms. The maximum absolute atomic E-state index is 12.8. The third kappa shape index (κ3) is 5.73. The van der Waals surface area contributed by atoms with Crippen LogP contribution in [0.3, 0.4) is 0 Å². The van der Waals surface area contributed by atoms with Gasteiger partial charge in [0.25, 0.3) is 11.1 Å². The lowest BCUT2D eigenvalue weighted by molar-refractivity contribution is -0.156. The lowest BCUT2D eigenvalue weighted by atomic mass is 10.3. The number of imide groups is 1. The second-order valence-electron chi connectivity index (χ2n) is 5.27. The molecule has 8 nitrogen and oxygen atoms in total. The fourth-order valence-electron chi connectivity index (χ4n) is 1.99. The van der Waals surface area contributed by atoms with Gasteiger partial charge in [0.05, 0.1) is 5.75 Å². The molecule has 1 heterocycles. The van der Waals surface area contributed by atoms with Crippen molar-refractivity contribution in [3.63, 3.8) is 0 Å². The van der Waals surface area contributed by atoms with Crippen LogP contribution < -0.4 is 10.1 Å². The standard InChI is InChI=1S/C16H17FN2O6S/c1-10(15(22)18-6-7-19-13(20)9-26-16(19)23)25-14(21)8-24-12-4-2-11(17)3-5-12/h2-5,10H,6-9H2,1H3,(H,18,22)/t10-/m1/s1. The number of carbonyl (C=O) groups is 4. The summed E-state index contributed by atoms with van der Waals surface area (Å²) in [7, 11) is 0. The molecule has 0 aromatic heterocycles. The van der Waals surface area contributed by atoms with E-state index in [-0.39, 0.29) is 30.0 Å². The van der Waals surface area contributed by atoms with E-state index in [1.54, 1.807) is 0 Å². The molecule has 1 aliphatic heterocycles. The molecule has 0 spiro atoms. The summed E-state index contributed by atoms with van der Waals surface area (Å²) >= 11 is 0.912. The summed E-state index contributed by atoms with van der Waals surface area (Å²) < 4.78 is 22.8. The molecular weight excluding hydrogens is 367 g/mol. The zero-order valence-corrected chi connectivity index (χ0v) is 14.7. The smallest absolute Gasteiger partial charge is 0.344 e. The van der Waals surface area contributed by atoms with Crippen LogP contribution in [0.15, 0.2) is 24.3 Å². The monoisotopic (exact) mass is 384 g/mol. The number of benzene rings is 1. The van der Waals surface area contributed by atoms with E-state index in [0.29, 0.717) is 5.75 Å². The number of carbonyl (C=O) groups excluding carboxylic acids is 4. The number of ether oxygens (including phenoxy) is 2. The van der Waals surface area contributed by atoms with Crippen LogP contribution in [0, 0.1) is 5.82 Å². The molecule has 0 unspecified atom stereocenters. The van der Waals surface area contributed by atoms with Gasteiger partial charge in [-0.2, -0.15) is 0 Å². The normalized spacial score (nSPS) is 14.9. The van der Waals surface area contributed by atoms with Gasteiger partial charge in [0, 0.05) is 13.1 Å². The largest absolute Gasteiger partial charge is 0.482 e. The first kappa shape index (κ1) is 19.7. The molecule has 0 aliphatic carbocycles. The SMILES string of the molecule is C[C@@H](OC(=O)COc1ccc(F)cc1)C(=O)NCCN1C(=O)CSC1=O. The minimum atomic E-state index is -1.07. The summed E-state index contributed by atoms with van der Waals surface area (Å²) in [4.78, 5) is 47.4. The molecule has 1 saturated heterocycles. The van der Waals surface area contributed by atoms with E-state index < -0.39 is 30.4 Å². The second kappa shape index (κ2) is 9.18. The Balaban J connectivity index is 1.67. The fraction of sp³-hybridized carbons (Fsp3) is 0.375. The molecule has 1 aliphatic rings. The minimum Gasteiger partial charge on any atom is -0.482 e. The highest BCUT2D eigenvalue weighted by Crippen LogP contribution is 2.17. The van der Waals surface area contributed by atoms with Crippen LogP contribution in [0.4, 0.5) is 9.18 Å². The van der Waals surface area contributed by atoms with Crippen molar-refractivity contribution in [3.8, 4) is 5.75 Å². The topological polar surface area (TPSA) is 102 Å². The number of nitrogens with one attached hydrogen (secondary N) is 1. The van der Waals surface area contributed by atoms with Gasteiger partial charge in [-0.1, -0.05) is 11.8 Å². The predicted octanol–water partition coefficient (Wildman–Crippen LogP) is 0.948. The summed E-state index contributed by atoms with van der Waals surface area (Å²) in [5.41, 5.74) is 0. The first-order valence-electron chi connectivity index (χ1n) is 7.69. The summed E-state index contributed by atoms with van der Waals surface area (Å²) in [6, 6.07) is 5.09. The highest BCUT2D eigenvalue weighted by atomic mass is 32.2. The molecule has 2 rings (SSSR count). The lowest BCUT2D eigenvalue weighted by Gasteiger charge is -2.16. The first-order valence-corrected chi connectivity index (χ1v) is 8.68. The average Bonchev–Trinajstić information content (AvgIpc) is 2.93. The number of halogens is 1. The van der Waals surface area contributed by atoms with E-state index in [2.05, 4.69) is 5.32 Å². The Kier molecular flexibility index (Phi) is 6.96. The molecule has 1 aromatic rings. The highest BCUT2D eigenvalue weighted by Gasteiger charge is 2.29. The van der Waals surface area contributed by atoms with Crippen LogP contribution in [0.2, 0.25) is 0 Å². The Morgan fingerprint density at radius 1 is 1.31 bits per heavy atom. The molecule has 0 saturated carbocycles. The van der Waals surface area contributed by atoms with Gasteiger partial charge in [-0.05, 0) is 31.2 Å². The zero-order valence-electron chi connectivity index (χ0n) is 13.9. The number of rotatable bonds is 8. The van der Waals surface area contributed by atoms with E-state index in [1.165, 1.54) is 31.2 Å². The van der Waals surface area contributed by atoms with Crippen LogP contribution in [0.25, 0.3) is 0 Å². The van der Waals surface area contributed by atoms with E-state index >= 15 is 0 Å². The second-order valence-corrected chi connectivity index (χ2v) is 6.19. The van der Waals surface area contributed by atoms with Crippen molar-refractivity contribution in [2.24, 2.45) is 0 Å². The van der Waals surface area contributed by atoms with Crippen LogP contribution in [0.1, 0.15) is 6.92 Å². The van der Waals surface area contributed by atoms with Crippen LogP contribution >= 0.6 is 11.8 Å². The molecule has 3 amide bonds. The van der Waals surface area contributed by atoms with Gasteiger partial charge in [0.2, 0.25) is 5.91 Å². The summed E-state index contributed by atoms with van der Waals surface area (Å²) in [5.74, 6) is -1.66. The number of nitrogens with zero attached hydrogens (tertiary/aromatic N) is 1. The Hall–Kier alpha value is -2.62. The fourth-order valence-corrected chi connectivity index (χ4v) is 2.74. The highest BCUT2D eigenvalue weighted by molar-refractivity contribution is 8.14. The summed E-state index contributed by atoms with van der Waals surface area (Å²) in [6.07, 6.45) is -1.07. The summed E-state index contributed by atoms with van der Waals surface area (Å²) in [5, 5.41) is 2.14. The number of hydrogen-bond donors (Lipinski definition) is 1. The van der Waals surface area contributed by atoms with Crippen LogP contribution in [0.5, 0.6) is 5.75 Å². The predicted molar refractivity (Wildman–Crippen MR) is 90.0 cm³/mol. The number of hydrogen-bond acceptors (Lipinski definition) is 7. The van der Waals surface area contributed by atoms with E-state index in [4.69, 9.17) is 9.47 Å². The van der Waals surface area contributed by atoms with Gasteiger partial charge in [-0.25, -0.2) is 9.18 Å². The molecule has 1 aromatic carbocycles. The van der Waals surface area contributed by atoms with E-state index in [9.17, 15) is 23.6 Å². The van der Waals surface area contributed by atoms with Gasteiger partial charge in [0.1, 0.15) is 11.6 Å². The minimum absolute atomic E-state index is 0.0603. The third-order valence-electron chi connectivity index (χ3n) is 3.32. The molecule has 1 N–H and O–H groups in total.